The van der Waals surface area contributed by atoms with Gasteiger partial charge in [0.25, 0.3) is 0 Å². The molecule has 0 N–H and O–H groups in total. The van der Waals surface area contributed by atoms with Gasteiger partial charge in [0.2, 0.25) is 0 Å². The van der Waals surface area contributed by atoms with Crippen LogP contribution in [0.1, 0.15) is 17.5 Å². The Bertz CT molecular complexity index is 699. The molecule has 0 saturated heterocycles. The van der Waals surface area contributed by atoms with Gasteiger partial charge in [-0.15, -0.1) is 23.6 Å². The zero-order valence-electron chi connectivity index (χ0n) is 13.8. The molecule has 0 fully saturated rings. The molecule has 4 heteroatoms. The summed E-state index contributed by atoms with van der Waals surface area (Å²) in [5.74, 6) is 0. The van der Waals surface area contributed by atoms with Crippen LogP contribution in [0.4, 0.5) is 5.69 Å². The third-order valence-electron chi connectivity index (χ3n) is 3.78. The maximum atomic E-state index is 3.36. The van der Waals surface area contributed by atoms with E-state index in [9.17, 15) is 0 Å². The second-order valence-corrected chi connectivity index (χ2v) is 5.45. The van der Waals surface area contributed by atoms with Crippen LogP contribution >= 0.6 is 0 Å². The molecule has 1 nitrogen and oxygen atoms in total. The van der Waals surface area contributed by atoms with Crippen molar-refractivity contribution in [3.63, 3.8) is 0 Å². The molecule has 2 aliphatic rings. The first kappa shape index (κ1) is 23.2. The summed E-state index contributed by atoms with van der Waals surface area (Å²) in [4.78, 5) is 2.18. The second-order valence-electron chi connectivity index (χ2n) is 5.45. The van der Waals surface area contributed by atoms with Crippen LogP contribution in [-0.2, 0) is 32.6 Å². The van der Waals surface area contributed by atoms with Gasteiger partial charge in [0.1, 0.15) is 0 Å². The third-order valence-corrected chi connectivity index (χ3v) is 3.78. The van der Waals surface area contributed by atoms with Crippen LogP contribution in [0.5, 0.6) is 0 Å². The van der Waals surface area contributed by atoms with E-state index in [0.29, 0.717) is 0 Å². The Morgan fingerprint density at radius 1 is 1.04 bits per heavy atom. The predicted octanol–water partition coefficient (Wildman–Crippen LogP) is -1.56. The molecule has 0 unspecified atom stereocenters. The van der Waals surface area contributed by atoms with Gasteiger partial charge in [0.15, 0.2) is 0 Å². The van der Waals surface area contributed by atoms with E-state index in [4.69, 9.17) is 0 Å². The summed E-state index contributed by atoms with van der Waals surface area (Å²) in [7, 11) is 4.19. The van der Waals surface area contributed by atoms with Gasteiger partial charge in [-0.05, 0) is 6.42 Å². The Morgan fingerprint density at radius 3 is 2.38 bits per heavy atom. The molecule has 2 aromatic rings. The van der Waals surface area contributed by atoms with E-state index in [2.05, 4.69) is 67.5 Å². The van der Waals surface area contributed by atoms with E-state index in [0.717, 1.165) is 12.8 Å². The van der Waals surface area contributed by atoms with Gasteiger partial charge in [0, 0.05) is 14.1 Å². The fourth-order valence-electron chi connectivity index (χ4n) is 2.79. The molecule has 0 saturated carbocycles. The number of anilines is 1. The van der Waals surface area contributed by atoms with Gasteiger partial charge < -0.3 is 29.7 Å². The number of hydrogen-bond acceptors (Lipinski definition) is 1. The van der Waals surface area contributed by atoms with E-state index in [1.54, 1.807) is 0 Å². The maximum absolute atomic E-state index is 3.36. The van der Waals surface area contributed by atoms with E-state index in [1.165, 1.54) is 27.9 Å². The van der Waals surface area contributed by atoms with E-state index in [1.807, 2.05) is 18.2 Å². The van der Waals surface area contributed by atoms with Crippen LogP contribution in [0, 0.1) is 12.1 Å². The third kappa shape index (κ3) is 5.09. The minimum Gasteiger partial charge on any atom is -1.00 e. The molecular weight excluding hydrogens is 416 g/mol. The zero-order chi connectivity index (χ0) is 14.7. The number of rotatable bonds is 1. The average molecular weight is 436 g/mol. The summed E-state index contributed by atoms with van der Waals surface area (Å²) in [6.07, 6.45) is 11.0. The van der Waals surface area contributed by atoms with Crippen molar-refractivity contribution in [1.29, 1.82) is 0 Å². The normalized spacial score (nSPS) is 11.8. The monoisotopic (exact) mass is 433 g/mol. The van der Waals surface area contributed by atoms with Gasteiger partial charge in [0.05, 0.1) is 0 Å². The first-order valence-corrected chi connectivity index (χ1v) is 7.28. The number of halogens is 2. The summed E-state index contributed by atoms with van der Waals surface area (Å²) < 4.78 is 0. The standard InChI is InChI=1S/C15H14N.C5H5.2ClH.Zr/c1-16(2)14-9-5-7-12-10-11-6-3-4-8-13(11)15(12)14;1-2-4-5-3-1;;;/h3-6,8-9H,10H2,1-2H3;1-3H,4H2;2*1H;/q2*-1;;;+4/p-2. The summed E-state index contributed by atoms with van der Waals surface area (Å²) >= 11 is 0. The average Bonchev–Trinajstić information content (AvgIpc) is 3.17. The molecule has 0 bridgehead atoms. The van der Waals surface area contributed by atoms with Gasteiger partial charge in [-0.1, -0.05) is 41.1 Å². The van der Waals surface area contributed by atoms with E-state index < -0.39 is 0 Å². The first-order valence-electron chi connectivity index (χ1n) is 7.28. The molecule has 0 atom stereocenters. The smallest absolute Gasteiger partial charge is 1.00 e. The van der Waals surface area contributed by atoms with Gasteiger partial charge in [-0.25, -0.2) is 12.2 Å². The fourth-order valence-corrected chi connectivity index (χ4v) is 2.79. The van der Waals surface area contributed by atoms with Crippen LogP contribution in [0.15, 0.2) is 54.6 Å². The maximum Gasteiger partial charge on any atom is 4.00 e. The van der Waals surface area contributed by atoms with Crippen LogP contribution in [0.2, 0.25) is 0 Å². The largest absolute Gasteiger partial charge is 4.00 e. The van der Waals surface area contributed by atoms with Crippen molar-refractivity contribution in [2.24, 2.45) is 0 Å². The molecule has 0 spiro atoms. The van der Waals surface area contributed by atoms with Crippen molar-refractivity contribution < 1.29 is 51.0 Å². The summed E-state index contributed by atoms with van der Waals surface area (Å²) in [6.45, 7) is 0. The molecule has 0 amide bonds. The fraction of sp³-hybridized carbons (Fsp3) is 0.200. The Hall–Kier alpha value is -0.817. The zero-order valence-corrected chi connectivity index (χ0v) is 17.8. The topological polar surface area (TPSA) is 3.24 Å². The second kappa shape index (κ2) is 10.9. The Balaban J connectivity index is 0.000000578. The molecule has 0 heterocycles. The summed E-state index contributed by atoms with van der Waals surface area (Å²) in [5, 5.41) is 0. The van der Waals surface area contributed by atoms with E-state index >= 15 is 0 Å². The first-order chi connectivity index (χ1) is 10.3. The predicted molar refractivity (Wildman–Crippen MR) is 89.4 cm³/mol. The summed E-state index contributed by atoms with van der Waals surface area (Å²) in [5.41, 5.74) is 6.77. The molecule has 4 rings (SSSR count). The van der Waals surface area contributed by atoms with Crippen molar-refractivity contribution in [2.75, 3.05) is 19.0 Å². The molecule has 0 aliphatic heterocycles. The quantitative estimate of drug-likeness (QED) is 0.418. The van der Waals surface area contributed by atoms with Crippen molar-refractivity contribution in [3.05, 3.63) is 77.9 Å². The van der Waals surface area contributed by atoms with Gasteiger partial charge >= 0.3 is 26.2 Å². The van der Waals surface area contributed by atoms with Crippen molar-refractivity contribution in [2.45, 2.75) is 12.8 Å². The molecule has 2 aliphatic carbocycles. The van der Waals surface area contributed by atoms with Crippen molar-refractivity contribution >= 4 is 5.69 Å². The van der Waals surface area contributed by atoms with Crippen LogP contribution < -0.4 is 29.7 Å². The molecule has 24 heavy (non-hydrogen) atoms. The molecule has 122 valence electrons. The SMILES string of the molecule is CN(C)c1cc[c-]c2c1-c1ccccc1C2.[C-]1=CC=CC1.[Cl-].[Cl-].[Zr+4]. The number of fused-ring (bicyclic) bond motifs is 3. The minimum atomic E-state index is 0. The van der Waals surface area contributed by atoms with E-state index in [-0.39, 0.29) is 51.0 Å². The molecular formula is C20H19Cl2NZr. The number of nitrogens with zero attached hydrogens (tertiary/aromatic N) is 1. The van der Waals surface area contributed by atoms with Crippen LogP contribution in [0.3, 0.4) is 0 Å². The van der Waals surface area contributed by atoms with Gasteiger partial charge in [-0.2, -0.15) is 18.2 Å². The van der Waals surface area contributed by atoms with Crippen LogP contribution in [-0.4, -0.2) is 14.1 Å². The van der Waals surface area contributed by atoms with Crippen molar-refractivity contribution in [1.82, 2.24) is 0 Å². The molecule has 2 aromatic carbocycles. The summed E-state index contributed by atoms with van der Waals surface area (Å²) in [6, 6.07) is 16.2. The Morgan fingerprint density at radius 2 is 1.79 bits per heavy atom. The minimum absolute atomic E-state index is 0. The number of allylic oxidation sites excluding steroid dienone is 4. The van der Waals surface area contributed by atoms with Gasteiger partial charge in [-0.3, -0.25) is 6.08 Å². The Labute approximate surface area is 176 Å². The number of benzene rings is 2. The molecule has 0 radical (unpaired) electrons. The van der Waals surface area contributed by atoms with Crippen molar-refractivity contribution in [3.8, 4) is 11.1 Å². The molecule has 0 aromatic heterocycles. The number of hydrogen-bond donors (Lipinski definition) is 0. The Kier molecular flexibility index (Phi) is 10.6. The van der Waals surface area contributed by atoms with Crippen LogP contribution in [0.25, 0.3) is 11.1 Å².